The highest BCUT2D eigenvalue weighted by Gasteiger charge is 2.26. The first kappa shape index (κ1) is 14.5. The Kier molecular flexibility index (Phi) is 4.05. The number of nitrogens with one attached hydrogen (secondary N) is 1. The zero-order valence-corrected chi connectivity index (χ0v) is 12.8. The number of ether oxygens (including phenoxy) is 2. The third kappa shape index (κ3) is 3.08. The molecule has 1 unspecified atom stereocenters. The van der Waals surface area contributed by atoms with Crippen molar-refractivity contribution in [1.29, 1.82) is 0 Å². The van der Waals surface area contributed by atoms with Gasteiger partial charge in [0.1, 0.15) is 26.0 Å². The van der Waals surface area contributed by atoms with E-state index in [-0.39, 0.29) is 11.8 Å². The number of carbonyl (C=O) groups is 1. The summed E-state index contributed by atoms with van der Waals surface area (Å²) in [6, 6.07) is 13.5. The van der Waals surface area contributed by atoms with Gasteiger partial charge in [-0.3, -0.25) is 4.79 Å². The van der Waals surface area contributed by atoms with Gasteiger partial charge in [0.2, 0.25) is 5.91 Å². The Hall–Kier alpha value is -2.43. The van der Waals surface area contributed by atoms with Gasteiger partial charge in [-0.1, -0.05) is 17.6 Å². The molecular weight excluding hydrogens is 277 g/mol. The molecule has 0 aliphatic carbocycles. The fourth-order valence-corrected chi connectivity index (χ4v) is 2.55. The maximum Gasteiger partial charge on any atom is 0.231 e. The minimum absolute atomic E-state index is 0.0164. The number of fused-ring (bicyclic) bond motifs is 1. The molecule has 1 amide bonds. The van der Waals surface area contributed by atoms with Crippen molar-refractivity contribution in [2.45, 2.75) is 6.42 Å². The molecule has 2 aromatic rings. The SMILES string of the molecule is Bc1ccc(NC(=O)C2COc3ccc(OC)cc3C2)cc1. The Balaban J connectivity index is 1.70. The lowest BCUT2D eigenvalue weighted by Crippen LogP contribution is -2.32. The molecule has 4 nitrogen and oxygen atoms in total. The Morgan fingerprint density at radius 1 is 1.27 bits per heavy atom. The molecule has 1 aliphatic heterocycles. The van der Waals surface area contributed by atoms with Gasteiger partial charge in [-0.2, -0.15) is 0 Å². The van der Waals surface area contributed by atoms with E-state index in [1.54, 1.807) is 7.11 Å². The van der Waals surface area contributed by atoms with Crippen LogP contribution in [0.4, 0.5) is 5.69 Å². The molecule has 3 rings (SSSR count). The first-order chi connectivity index (χ1) is 10.7. The third-order valence-corrected chi connectivity index (χ3v) is 3.86. The molecule has 0 saturated heterocycles. The molecule has 0 spiro atoms. The van der Waals surface area contributed by atoms with Crippen LogP contribution in [0.3, 0.4) is 0 Å². The summed E-state index contributed by atoms with van der Waals surface area (Å²) in [4.78, 5) is 12.4. The zero-order chi connectivity index (χ0) is 15.5. The lowest BCUT2D eigenvalue weighted by Gasteiger charge is -2.25. The van der Waals surface area contributed by atoms with Crippen LogP contribution >= 0.6 is 0 Å². The van der Waals surface area contributed by atoms with Crippen LogP contribution in [0.5, 0.6) is 11.5 Å². The van der Waals surface area contributed by atoms with Crippen LogP contribution in [-0.2, 0) is 11.2 Å². The molecular formula is C17H18BNO3. The molecule has 1 N–H and O–H groups in total. The summed E-state index contributed by atoms with van der Waals surface area (Å²) in [5, 5.41) is 2.95. The molecule has 0 radical (unpaired) electrons. The lowest BCUT2D eigenvalue weighted by atomic mass is 9.95. The number of amides is 1. The van der Waals surface area contributed by atoms with E-state index in [0.717, 1.165) is 22.7 Å². The van der Waals surface area contributed by atoms with Crippen LogP contribution in [0.15, 0.2) is 42.5 Å². The molecule has 0 fully saturated rings. The molecule has 22 heavy (non-hydrogen) atoms. The van der Waals surface area contributed by atoms with Crippen LogP contribution in [-0.4, -0.2) is 27.5 Å². The summed E-state index contributed by atoms with van der Waals surface area (Å²) in [5.41, 5.74) is 2.99. The topological polar surface area (TPSA) is 47.6 Å². The molecule has 0 saturated carbocycles. The molecule has 2 aromatic carbocycles. The highest BCUT2D eigenvalue weighted by molar-refractivity contribution is 6.32. The van der Waals surface area contributed by atoms with Crippen LogP contribution in [0.1, 0.15) is 5.56 Å². The number of anilines is 1. The van der Waals surface area contributed by atoms with Gasteiger partial charge in [0.15, 0.2) is 0 Å². The molecule has 1 heterocycles. The molecule has 0 aromatic heterocycles. The Morgan fingerprint density at radius 2 is 2.05 bits per heavy atom. The van der Waals surface area contributed by atoms with E-state index in [1.165, 1.54) is 5.46 Å². The summed E-state index contributed by atoms with van der Waals surface area (Å²) in [7, 11) is 3.65. The average Bonchev–Trinajstić information content (AvgIpc) is 2.55. The molecule has 1 aliphatic rings. The van der Waals surface area contributed by atoms with Crippen LogP contribution in [0.2, 0.25) is 0 Å². The van der Waals surface area contributed by atoms with Gasteiger partial charge in [0, 0.05) is 5.69 Å². The van der Waals surface area contributed by atoms with E-state index < -0.39 is 0 Å². The maximum atomic E-state index is 12.4. The summed E-state index contributed by atoms with van der Waals surface area (Å²) in [5.74, 6) is 1.40. The van der Waals surface area contributed by atoms with E-state index in [1.807, 2.05) is 50.3 Å². The predicted octanol–water partition coefficient (Wildman–Crippen LogP) is 1.14. The van der Waals surface area contributed by atoms with E-state index in [0.29, 0.717) is 13.0 Å². The molecule has 5 heteroatoms. The van der Waals surface area contributed by atoms with Gasteiger partial charge < -0.3 is 14.8 Å². The number of hydrogen-bond acceptors (Lipinski definition) is 3. The molecule has 0 bridgehead atoms. The Labute approximate surface area is 130 Å². The van der Waals surface area contributed by atoms with Gasteiger partial charge in [-0.15, -0.1) is 0 Å². The van der Waals surface area contributed by atoms with Crippen molar-refractivity contribution in [1.82, 2.24) is 0 Å². The van der Waals surface area contributed by atoms with Gasteiger partial charge in [0.05, 0.1) is 13.0 Å². The number of benzene rings is 2. The van der Waals surface area contributed by atoms with Crippen molar-refractivity contribution in [2.75, 3.05) is 19.0 Å². The summed E-state index contributed by atoms with van der Waals surface area (Å²) >= 11 is 0. The highest BCUT2D eigenvalue weighted by atomic mass is 16.5. The van der Waals surface area contributed by atoms with Crippen molar-refractivity contribution in [2.24, 2.45) is 5.92 Å². The second kappa shape index (κ2) is 6.14. The Bertz CT molecular complexity index is 685. The first-order valence-electron chi connectivity index (χ1n) is 7.33. The number of carbonyl (C=O) groups excluding carboxylic acids is 1. The zero-order valence-electron chi connectivity index (χ0n) is 12.8. The minimum Gasteiger partial charge on any atom is -0.497 e. The van der Waals surface area contributed by atoms with Gasteiger partial charge in [0.25, 0.3) is 0 Å². The standard InChI is InChI=1S/C17H18BNO3/c1-21-15-6-7-16-11(9-15)8-12(10-22-16)17(20)19-14-4-2-13(18)3-5-14/h2-7,9,12H,8,10,18H2,1H3,(H,19,20). The number of hydrogen-bond donors (Lipinski definition) is 1. The van der Waals surface area contributed by atoms with Crippen LogP contribution in [0.25, 0.3) is 0 Å². The monoisotopic (exact) mass is 295 g/mol. The second-order valence-electron chi connectivity index (χ2n) is 5.54. The normalized spacial score (nSPS) is 16.3. The first-order valence-corrected chi connectivity index (χ1v) is 7.33. The number of rotatable bonds is 3. The van der Waals surface area contributed by atoms with E-state index in [9.17, 15) is 4.79 Å². The van der Waals surface area contributed by atoms with Crippen LogP contribution in [0, 0.1) is 5.92 Å². The van der Waals surface area contributed by atoms with Gasteiger partial charge in [-0.05, 0) is 42.3 Å². The lowest BCUT2D eigenvalue weighted by molar-refractivity contribution is -0.121. The van der Waals surface area contributed by atoms with E-state index in [2.05, 4.69) is 5.32 Å². The Morgan fingerprint density at radius 3 is 2.77 bits per heavy atom. The third-order valence-electron chi connectivity index (χ3n) is 3.86. The second-order valence-corrected chi connectivity index (χ2v) is 5.54. The van der Waals surface area contributed by atoms with Crippen molar-refractivity contribution in [3.63, 3.8) is 0 Å². The highest BCUT2D eigenvalue weighted by Crippen LogP contribution is 2.31. The van der Waals surface area contributed by atoms with Crippen molar-refractivity contribution in [3.8, 4) is 11.5 Å². The quantitative estimate of drug-likeness (QED) is 0.864. The largest absolute Gasteiger partial charge is 0.497 e. The van der Waals surface area contributed by atoms with Crippen molar-refractivity contribution >= 4 is 24.9 Å². The molecule has 112 valence electrons. The summed E-state index contributed by atoms with van der Waals surface area (Å²) in [6.07, 6.45) is 0.657. The van der Waals surface area contributed by atoms with Gasteiger partial charge in [-0.25, -0.2) is 0 Å². The number of methoxy groups -OCH3 is 1. The summed E-state index contributed by atoms with van der Waals surface area (Å²) in [6.45, 7) is 0.400. The average molecular weight is 295 g/mol. The maximum absolute atomic E-state index is 12.4. The predicted molar refractivity (Wildman–Crippen MR) is 88.9 cm³/mol. The summed E-state index contributed by atoms with van der Waals surface area (Å²) < 4.78 is 10.9. The minimum atomic E-state index is -0.194. The van der Waals surface area contributed by atoms with E-state index in [4.69, 9.17) is 9.47 Å². The van der Waals surface area contributed by atoms with Crippen molar-refractivity contribution < 1.29 is 14.3 Å². The fourth-order valence-electron chi connectivity index (χ4n) is 2.55. The van der Waals surface area contributed by atoms with Gasteiger partial charge >= 0.3 is 0 Å². The molecule has 1 atom stereocenters. The van der Waals surface area contributed by atoms with Crippen molar-refractivity contribution in [3.05, 3.63) is 48.0 Å². The fraction of sp³-hybridized carbons (Fsp3) is 0.235. The smallest absolute Gasteiger partial charge is 0.231 e. The van der Waals surface area contributed by atoms with E-state index >= 15 is 0 Å². The van der Waals surface area contributed by atoms with Crippen LogP contribution < -0.4 is 20.3 Å².